The summed E-state index contributed by atoms with van der Waals surface area (Å²) in [5.41, 5.74) is 1.51. The van der Waals surface area contributed by atoms with Crippen LogP contribution in [0.5, 0.6) is 0 Å². The molecule has 0 N–H and O–H groups in total. The Morgan fingerprint density at radius 2 is 1.50 bits per heavy atom. The zero-order valence-corrected chi connectivity index (χ0v) is 11.0. The highest BCUT2D eigenvalue weighted by Gasteiger charge is 2.19. The van der Waals surface area contributed by atoms with Crippen molar-refractivity contribution in [1.29, 1.82) is 0 Å². The Bertz CT molecular complexity index is 437. The topological polar surface area (TPSA) is 52.6 Å². The minimum Gasteiger partial charge on any atom is -0.462 e. The van der Waals surface area contributed by atoms with Gasteiger partial charge < -0.3 is 9.47 Å². The number of rotatable bonds is 5. The summed E-state index contributed by atoms with van der Waals surface area (Å²) >= 11 is 0. The van der Waals surface area contributed by atoms with Gasteiger partial charge in [-0.15, -0.1) is 0 Å². The number of carbonyl (C=O) groups is 2. The van der Waals surface area contributed by atoms with E-state index in [0.717, 1.165) is 12.0 Å². The molecule has 0 bridgehead atoms. The highest BCUT2D eigenvalue weighted by molar-refractivity contribution is 6.03. The number of esters is 2. The minimum absolute atomic E-state index is 0.257. The van der Waals surface area contributed by atoms with E-state index in [2.05, 4.69) is 0 Å². The van der Waals surface area contributed by atoms with Gasteiger partial charge in [-0.1, -0.05) is 13.0 Å². The second kappa shape index (κ2) is 6.79. The average Bonchev–Trinajstić information content (AvgIpc) is 2.38. The maximum atomic E-state index is 11.8. The average molecular weight is 250 g/mol. The van der Waals surface area contributed by atoms with E-state index in [-0.39, 0.29) is 24.3 Å². The molecule has 0 aromatic heterocycles. The predicted molar refractivity (Wildman–Crippen MR) is 67.7 cm³/mol. The molecule has 0 aliphatic rings. The molecule has 1 aromatic carbocycles. The van der Waals surface area contributed by atoms with Crippen LogP contribution in [-0.4, -0.2) is 25.2 Å². The molecule has 4 nitrogen and oxygen atoms in total. The Labute approximate surface area is 107 Å². The maximum Gasteiger partial charge on any atom is 0.339 e. The normalized spacial score (nSPS) is 9.94. The molecule has 98 valence electrons. The molecule has 0 aliphatic heterocycles. The monoisotopic (exact) mass is 250 g/mol. The van der Waals surface area contributed by atoms with Crippen LogP contribution in [0.15, 0.2) is 18.2 Å². The van der Waals surface area contributed by atoms with Crippen LogP contribution >= 0.6 is 0 Å². The van der Waals surface area contributed by atoms with Crippen LogP contribution in [0.25, 0.3) is 0 Å². The highest BCUT2D eigenvalue weighted by atomic mass is 16.5. The lowest BCUT2D eigenvalue weighted by molar-refractivity contribution is 0.0479. The summed E-state index contributed by atoms with van der Waals surface area (Å²) < 4.78 is 9.87. The number of carbonyl (C=O) groups excluding carboxylic acids is 2. The third kappa shape index (κ3) is 3.32. The fourth-order valence-electron chi connectivity index (χ4n) is 1.58. The van der Waals surface area contributed by atoms with E-state index >= 15 is 0 Å². The zero-order valence-electron chi connectivity index (χ0n) is 11.0. The smallest absolute Gasteiger partial charge is 0.339 e. The van der Waals surface area contributed by atoms with Gasteiger partial charge in [0, 0.05) is 0 Å². The Kier molecular flexibility index (Phi) is 5.36. The summed E-state index contributed by atoms with van der Waals surface area (Å²) in [6.07, 6.45) is 0.787. The summed E-state index contributed by atoms with van der Waals surface area (Å²) in [4.78, 5) is 23.6. The van der Waals surface area contributed by atoms with Gasteiger partial charge in [-0.25, -0.2) is 9.59 Å². The third-order valence-corrected chi connectivity index (χ3v) is 2.48. The van der Waals surface area contributed by atoms with Gasteiger partial charge >= 0.3 is 11.9 Å². The molecule has 0 radical (unpaired) electrons. The Morgan fingerprint density at radius 3 is 2.00 bits per heavy atom. The quantitative estimate of drug-likeness (QED) is 0.754. The SMILES string of the molecule is CCOC(=O)c1ccc(CC)cc1C(=O)OCC. The first kappa shape index (κ1) is 14.2. The Balaban J connectivity index is 3.15. The van der Waals surface area contributed by atoms with Crippen molar-refractivity contribution in [2.75, 3.05) is 13.2 Å². The number of hydrogen-bond acceptors (Lipinski definition) is 4. The lowest BCUT2D eigenvalue weighted by Crippen LogP contribution is -2.14. The maximum absolute atomic E-state index is 11.8. The molecule has 0 unspecified atom stereocenters. The van der Waals surface area contributed by atoms with Gasteiger partial charge in [-0.3, -0.25) is 0 Å². The molecule has 0 saturated heterocycles. The van der Waals surface area contributed by atoms with E-state index < -0.39 is 11.9 Å². The van der Waals surface area contributed by atoms with Crippen molar-refractivity contribution in [3.05, 3.63) is 34.9 Å². The number of hydrogen-bond donors (Lipinski definition) is 0. The first-order valence-electron chi connectivity index (χ1n) is 6.11. The van der Waals surface area contributed by atoms with Crippen molar-refractivity contribution < 1.29 is 19.1 Å². The largest absolute Gasteiger partial charge is 0.462 e. The lowest BCUT2D eigenvalue weighted by atomic mass is 10.0. The molecule has 1 rings (SSSR count). The van der Waals surface area contributed by atoms with Crippen molar-refractivity contribution in [3.8, 4) is 0 Å². The number of benzene rings is 1. The van der Waals surface area contributed by atoms with Crippen molar-refractivity contribution in [2.45, 2.75) is 27.2 Å². The van der Waals surface area contributed by atoms with Gasteiger partial charge in [0.2, 0.25) is 0 Å². The summed E-state index contributed by atoms with van der Waals surface area (Å²) in [5.74, 6) is -0.987. The number of ether oxygens (including phenoxy) is 2. The molecular formula is C14H18O4. The van der Waals surface area contributed by atoms with Gasteiger partial charge in [-0.05, 0) is 38.0 Å². The summed E-state index contributed by atoms with van der Waals surface area (Å²) in [5, 5.41) is 0. The van der Waals surface area contributed by atoms with Crippen LogP contribution in [0, 0.1) is 0 Å². The summed E-state index contributed by atoms with van der Waals surface area (Å²) in [6, 6.07) is 5.11. The molecule has 0 amide bonds. The third-order valence-electron chi connectivity index (χ3n) is 2.48. The van der Waals surface area contributed by atoms with Crippen LogP contribution in [0.1, 0.15) is 47.1 Å². The summed E-state index contributed by atoms with van der Waals surface area (Å²) in [7, 11) is 0. The van der Waals surface area contributed by atoms with Crippen LogP contribution in [0.3, 0.4) is 0 Å². The van der Waals surface area contributed by atoms with Crippen LogP contribution in [0.4, 0.5) is 0 Å². The minimum atomic E-state index is -0.497. The molecule has 4 heteroatoms. The molecule has 0 fully saturated rings. The van der Waals surface area contributed by atoms with E-state index in [1.807, 2.05) is 13.0 Å². The zero-order chi connectivity index (χ0) is 13.5. The van der Waals surface area contributed by atoms with Gasteiger partial charge in [0.1, 0.15) is 0 Å². The van der Waals surface area contributed by atoms with E-state index in [9.17, 15) is 9.59 Å². The van der Waals surface area contributed by atoms with E-state index in [1.165, 1.54) is 0 Å². The molecule has 0 spiro atoms. The van der Waals surface area contributed by atoms with E-state index in [0.29, 0.717) is 0 Å². The number of aryl methyl sites for hydroxylation is 1. The highest BCUT2D eigenvalue weighted by Crippen LogP contribution is 2.15. The summed E-state index contributed by atoms with van der Waals surface area (Å²) in [6.45, 7) is 5.98. The predicted octanol–water partition coefficient (Wildman–Crippen LogP) is 2.60. The van der Waals surface area contributed by atoms with Crippen molar-refractivity contribution in [3.63, 3.8) is 0 Å². The van der Waals surface area contributed by atoms with Gasteiger partial charge in [0.05, 0.1) is 24.3 Å². The first-order valence-corrected chi connectivity index (χ1v) is 6.11. The molecular weight excluding hydrogens is 232 g/mol. The second-order valence-electron chi connectivity index (χ2n) is 3.67. The lowest BCUT2D eigenvalue weighted by Gasteiger charge is -2.09. The molecule has 0 atom stereocenters. The van der Waals surface area contributed by atoms with E-state index in [1.54, 1.807) is 26.0 Å². The fourth-order valence-corrected chi connectivity index (χ4v) is 1.58. The van der Waals surface area contributed by atoms with Gasteiger partial charge in [-0.2, -0.15) is 0 Å². The van der Waals surface area contributed by atoms with E-state index in [4.69, 9.17) is 9.47 Å². The Hall–Kier alpha value is -1.84. The standard InChI is InChI=1S/C14H18O4/c1-4-10-7-8-11(13(15)17-5-2)12(9-10)14(16)18-6-3/h7-9H,4-6H2,1-3H3. The fraction of sp³-hybridized carbons (Fsp3) is 0.429. The van der Waals surface area contributed by atoms with Gasteiger partial charge in [0.25, 0.3) is 0 Å². The van der Waals surface area contributed by atoms with Crippen LogP contribution < -0.4 is 0 Å². The Morgan fingerprint density at radius 1 is 0.944 bits per heavy atom. The molecule has 18 heavy (non-hydrogen) atoms. The van der Waals surface area contributed by atoms with Crippen molar-refractivity contribution in [1.82, 2.24) is 0 Å². The molecule has 0 aliphatic carbocycles. The van der Waals surface area contributed by atoms with Crippen molar-refractivity contribution >= 4 is 11.9 Å². The molecule has 0 saturated carbocycles. The van der Waals surface area contributed by atoms with Crippen molar-refractivity contribution in [2.24, 2.45) is 0 Å². The van der Waals surface area contributed by atoms with Crippen LogP contribution in [-0.2, 0) is 15.9 Å². The molecule has 0 heterocycles. The van der Waals surface area contributed by atoms with Crippen LogP contribution in [0.2, 0.25) is 0 Å². The molecule has 1 aromatic rings. The van der Waals surface area contributed by atoms with Gasteiger partial charge in [0.15, 0.2) is 0 Å². The second-order valence-corrected chi connectivity index (χ2v) is 3.67. The first-order chi connectivity index (χ1) is 8.63.